The van der Waals surface area contributed by atoms with Crippen molar-refractivity contribution in [3.05, 3.63) is 66.5 Å². The van der Waals surface area contributed by atoms with Crippen molar-refractivity contribution in [3.8, 4) is 0 Å². The van der Waals surface area contributed by atoms with E-state index < -0.39 is 19.8 Å². The van der Waals surface area contributed by atoms with Gasteiger partial charge in [-0.25, -0.2) is 0 Å². The first-order valence-electron chi connectivity index (χ1n) is 12.3. The second-order valence-corrected chi connectivity index (χ2v) is 15.9. The number of nitrogens with zero attached hydrogens (tertiary/aromatic N) is 2. The normalized spacial score (nSPS) is 21.2. The number of benzene rings is 2. The van der Waals surface area contributed by atoms with Gasteiger partial charge in [0, 0.05) is 0 Å². The Hall–Kier alpha value is -1.27. The zero-order chi connectivity index (χ0) is 24.6. The van der Waals surface area contributed by atoms with Crippen LogP contribution in [0.25, 0.3) is 0 Å². The Balaban J connectivity index is 1.30. The van der Waals surface area contributed by atoms with Gasteiger partial charge in [-0.05, 0) is 6.92 Å². The molecule has 1 spiro atoms. The van der Waals surface area contributed by atoms with E-state index in [0.29, 0.717) is 16.4 Å². The van der Waals surface area contributed by atoms with Crippen LogP contribution >= 0.6 is 42.4 Å². The van der Waals surface area contributed by atoms with Gasteiger partial charge in [0.25, 0.3) is 0 Å². The fourth-order valence-electron chi connectivity index (χ4n) is 5.75. The fourth-order valence-corrected chi connectivity index (χ4v) is 13.3. The summed E-state index contributed by atoms with van der Waals surface area (Å²) in [6.07, 6.45) is 3.65. The van der Waals surface area contributed by atoms with E-state index in [1.807, 2.05) is 42.2 Å². The van der Waals surface area contributed by atoms with Crippen molar-refractivity contribution < 1.29 is 18.7 Å². The number of halogens is 3. The molecule has 2 fully saturated rings. The van der Waals surface area contributed by atoms with Crippen LogP contribution in [0.1, 0.15) is 48.5 Å². The van der Waals surface area contributed by atoms with Crippen molar-refractivity contribution in [2.45, 2.75) is 44.1 Å². The molecule has 3 aliphatic heterocycles. The molecule has 5 nitrogen and oxygen atoms in total. The molecule has 0 aromatic heterocycles. The number of piperidine rings is 2. The maximum atomic E-state index is 14.4. The molecule has 3 heterocycles. The van der Waals surface area contributed by atoms with E-state index in [0.717, 1.165) is 74.6 Å². The Labute approximate surface area is 227 Å². The summed E-state index contributed by atoms with van der Waals surface area (Å²) in [6, 6.07) is 13.5. The second-order valence-electron chi connectivity index (χ2n) is 9.64. The van der Waals surface area contributed by atoms with E-state index in [-0.39, 0.29) is 17.3 Å². The Morgan fingerprint density at radius 3 is 2.54 bits per heavy atom. The van der Waals surface area contributed by atoms with E-state index >= 15 is 0 Å². The molecule has 2 saturated heterocycles. The predicted molar refractivity (Wildman–Crippen MR) is 152 cm³/mol. The van der Waals surface area contributed by atoms with Crippen LogP contribution in [-0.2, 0) is 10.2 Å². The number of fused-ring (bicyclic) bond motifs is 2. The van der Waals surface area contributed by atoms with Gasteiger partial charge in [-0.2, -0.15) is 0 Å². The van der Waals surface area contributed by atoms with Crippen molar-refractivity contribution in [1.29, 1.82) is 0 Å². The summed E-state index contributed by atoms with van der Waals surface area (Å²) in [5, 5.41) is 0. The number of carbonyl (C=O) groups excluding carboxylic acids is 2. The first-order chi connectivity index (χ1) is 16.9. The topological polar surface area (TPSA) is 49.9 Å². The monoisotopic (exact) mass is 704 g/mol. The number of alkyl halides is 1. The summed E-state index contributed by atoms with van der Waals surface area (Å²) >= 11 is 0.0876. The van der Waals surface area contributed by atoms with Gasteiger partial charge in [0.15, 0.2) is 0 Å². The number of likely N-dealkylation sites (tertiary alicyclic amines) is 2. The van der Waals surface area contributed by atoms with Crippen molar-refractivity contribution in [2.75, 3.05) is 37.2 Å². The molecule has 0 bridgehead atoms. The summed E-state index contributed by atoms with van der Waals surface area (Å²) in [7, 11) is 0. The van der Waals surface area contributed by atoms with Gasteiger partial charge in [-0.3, -0.25) is 0 Å². The average molecular weight is 704 g/mol. The molecule has 0 saturated carbocycles. The molecule has 0 unspecified atom stereocenters. The summed E-state index contributed by atoms with van der Waals surface area (Å²) in [5.74, 6) is -0.198. The van der Waals surface area contributed by atoms with Gasteiger partial charge < -0.3 is 0 Å². The summed E-state index contributed by atoms with van der Waals surface area (Å²) in [5.41, 5.74) is 1.83. The number of carbonyl (C=O) groups is 2. The van der Waals surface area contributed by atoms with Crippen LogP contribution in [0.4, 0.5) is 9.18 Å². The molecule has 5 rings (SSSR count). The summed E-state index contributed by atoms with van der Waals surface area (Å²) < 4.78 is 23.0. The van der Waals surface area contributed by atoms with Crippen LogP contribution in [0.3, 0.4) is 0 Å². The van der Waals surface area contributed by atoms with E-state index in [9.17, 15) is 14.0 Å². The molecule has 1 amide bonds. The van der Waals surface area contributed by atoms with Gasteiger partial charge in [-0.1, -0.05) is 0 Å². The summed E-state index contributed by atoms with van der Waals surface area (Å²) in [4.78, 5) is 30.0. The molecule has 0 atom stereocenters. The fraction of sp³-hybridized carbons (Fsp3) is 0.481. The first-order valence-corrected chi connectivity index (χ1v) is 17.1. The van der Waals surface area contributed by atoms with E-state index in [1.165, 1.54) is 6.07 Å². The molecule has 2 aromatic carbocycles. The van der Waals surface area contributed by atoms with E-state index in [4.69, 9.17) is 4.74 Å². The quantitative estimate of drug-likeness (QED) is 0.226. The molecular weight excluding hydrogens is 673 g/mol. The molecule has 0 radical (unpaired) electrons. The molecular formula is C27H31FI2N2O3. The van der Waals surface area contributed by atoms with Gasteiger partial charge in [0.1, 0.15) is 0 Å². The Morgan fingerprint density at radius 2 is 1.86 bits per heavy atom. The number of hydrogen-bond donors (Lipinski definition) is 0. The molecule has 188 valence electrons. The van der Waals surface area contributed by atoms with Gasteiger partial charge in [0.05, 0.1) is 0 Å². The number of hydrogen-bond acceptors (Lipinski definition) is 4. The van der Waals surface area contributed by atoms with Crippen LogP contribution in [0.5, 0.6) is 0 Å². The van der Waals surface area contributed by atoms with Crippen LogP contribution in [0, 0.1) is 13.0 Å². The van der Waals surface area contributed by atoms with Crippen molar-refractivity contribution >= 4 is 52.3 Å². The van der Waals surface area contributed by atoms with Gasteiger partial charge in [0.2, 0.25) is 0 Å². The first kappa shape index (κ1) is 25.4. The Kier molecular flexibility index (Phi) is 7.69. The molecule has 3 aliphatic rings. The molecule has 35 heavy (non-hydrogen) atoms. The summed E-state index contributed by atoms with van der Waals surface area (Å²) in [6.45, 7) is 5.64. The molecule has 0 aliphatic carbocycles. The van der Waals surface area contributed by atoms with Crippen LogP contribution < -0.4 is 0 Å². The number of amides is 1. The number of rotatable bonds is 4. The van der Waals surface area contributed by atoms with Gasteiger partial charge >= 0.3 is 222 Å². The predicted octanol–water partition coefficient (Wildman–Crippen LogP) is 5.91. The molecule has 2 aromatic rings. The van der Waals surface area contributed by atoms with Crippen LogP contribution in [0.2, 0.25) is 0 Å². The molecule has 8 heteroatoms. The van der Waals surface area contributed by atoms with E-state index in [1.54, 1.807) is 6.07 Å². The van der Waals surface area contributed by atoms with Crippen LogP contribution in [-0.4, -0.2) is 62.9 Å². The Morgan fingerprint density at radius 1 is 1.11 bits per heavy atom. The number of ether oxygens (including phenoxy) is 1. The van der Waals surface area contributed by atoms with E-state index in [2.05, 4.69) is 27.5 Å². The third kappa shape index (κ3) is 5.12. The standard InChI is InChI=1S/C27H31FI2N2O3/c1-2-35-26(34)32-12-8-22(9-13-32)31-14-10-27(11-15-31)18-30(24-7-6-20(28)17-23(24)27)25(33)19-4-3-5-21(29)16-19/h3-7,16-17,22H,2,8-15,18H2,1H3. The Bertz CT molecular complexity index is 1110. The van der Waals surface area contributed by atoms with Crippen LogP contribution in [0.15, 0.2) is 42.5 Å². The van der Waals surface area contributed by atoms with Gasteiger partial charge in [-0.15, -0.1) is 0 Å². The SMILES string of the molecule is CCOC(=O)N1CCC(N2CCC3(CC2)CI(C(=O)c2cccc(I)c2)c2ccc(F)cc23)CC1. The third-order valence-corrected chi connectivity index (χ3v) is 14.7. The van der Waals surface area contributed by atoms with Crippen molar-refractivity contribution in [2.24, 2.45) is 0 Å². The average Bonchev–Trinajstić information content (AvgIpc) is 3.17. The second kappa shape index (κ2) is 10.6. The third-order valence-electron chi connectivity index (χ3n) is 7.66. The maximum absolute atomic E-state index is 14.4. The van der Waals surface area contributed by atoms with Crippen molar-refractivity contribution in [1.82, 2.24) is 9.80 Å². The minimum atomic E-state index is -2.17. The zero-order valence-electron chi connectivity index (χ0n) is 19.9. The zero-order valence-corrected chi connectivity index (χ0v) is 24.3. The minimum absolute atomic E-state index is 0.0813. The molecule has 0 N–H and O–H groups in total. The van der Waals surface area contributed by atoms with Crippen molar-refractivity contribution in [3.63, 3.8) is 0 Å².